The number of esters is 1. The van der Waals surface area contributed by atoms with E-state index in [0.29, 0.717) is 30.0 Å². The Morgan fingerprint density at radius 3 is 2.59 bits per heavy atom. The highest BCUT2D eigenvalue weighted by atomic mass is 32.1. The molecule has 0 radical (unpaired) electrons. The van der Waals surface area contributed by atoms with Crippen molar-refractivity contribution < 1.29 is 23.9 Å². The average Bonchev–Trinajstić information content (AvgIpc) is 3.37. The van der Waals surface area contributed by atoms with E-state index in [1.807, 2.05) is 30.3 Å². The summed E-state index contributed by atoms with van der Waals surface area (Å²) in [6.45, 7) is -0.156. The van der Waals surface area contributed by atoms with E-state index in [0.717, 1.165) is 23.3 Å². The van der Waals surface area contributed by atoms with Gasteiger partial charge in [0.05, 0.1) is 0 Å². The van der Waals surface area contributed by atoms with Gasteiger partial charge in [0.1, 0.15) is 10.6 Å². The number of thiophene rings is 1. The van der Waals surface area contributed by atoms with Gasteiger partial charge >= 0.3 is 5.97 Å². The molecule has 1 aliphatic carbocycles. The number of carbonyl (C=O) groups excluding carboxylic acids is 4. The van der Waals surface area contributed by atoms with Crippen molar-refractivity contribution in [3.63, 3.8) is 0 Å². The largest absolute Gasteiger partial charge is 0.452 e. The fourth-order valence-corrected chi connectivity index (χ4v) is 4.19. The van der Waals surface area contributed by atoms with Gasteiger partial charge in [-0.15, -0.1) is 11.3 Å². The zero-order chi connectivity index (χ0) is 20.4. The summed E-state index contributed by atoms with van der Waals surface area (Å²) in [6.07, 6.45) is 2.65. The summed E-state index contributed by atoms with van der Waals surface area (Å²) >= 11 is 1.25. The first-order chi connectivity index (χ1) is 14.0. The summed E-state index contributed by atoms with van der Waals surface area (Å²) in [5, 5.41) is 5.03. The molecule has 1 aliphatic heterocycles. The standard InChI is InChI=1S/C21H20N2O5S/c24-16-7-4-10-23(16)17(25)11-28-21(27)18-15(13-5-2-1-3-6-13)12-29-20(18)22-19(26)14-8-9-14/h1-3,5-6,12,14H,4,7-11H2,(H,22,26). The zero-order valence-corrected chi connectivity index (χ0v) is 16.5. The lowest BCUT2D eigenvalue weighted by Crippen LogP contribution is -2.35. The fraction of sp³-hybridized carbons (Fsp3) is 0.333. The summed E-state index contributed by atoms with van der Waals surface area (Å²) in [5.74, 6) is -1.59. The Hall–Kier alpha value is -3.00. The van der Waals surface area contributed by atoms with Crippen molar-refractivity contribution in [3.05, 3.63) is 41.3 Å². The molecule has 2 heterocycles. The molecule has 3 amide bonds. The van der Waals surface area contributed by atoms with Crippen LogP contribution in [0.15, 0.2) is 35.7 Å². The SMILES string of the molecule is O=C(OCC(=O)N1CCCC1=O)c1c(-c2ccccc2)csc1NC(=O)C1CC1. The maximum Gasteiger partial charge on any atom is 0.342 e. The first kappa shape index (κ1) is 19.3. The maximum absolute atomic E-state index is 12.9. The van der Waals surface area contributed by atoms with E-state index in [9.17, 15) is 19.2 Å². The molecule has 1 N–H and O–H groups in total. The third-order valence-corrected chi connectivity index (χ3v) is 5.86. The molecule has 4 rings (SSSR count). The second-order valence-electron chi connectivity index (χ2n) is 7.10. The van der Waals surface area contributed by atoms with Crippen LogP contribution in [0.5, 0.6) is 0 Å². The number of carbonyl (C=O) groups is 4. The van der Waals surface area contributed by atoms with Gasteiger partial charge in [0, 0.05) is 29.8 Å². The molecule has 0 atom stereocenters. The van der Waals surface area contributed by atoms with E-state index >= 15 is 0 Å². The lowest BCUT2D eigenvalue weighted by molar-refractivity contribution is -0.143. The number of benzene rings is 1. The van der Waals surface area contributed by atoms with Gasteiger partial charge in [-0.25, -0.2) is 4.79 Å². The Balaban J connectivity index is 1.55. The van der Waals surface area contributed by atoms with Crippen LogP contribution in [0, 0.1) is 5.92 Å². The molecule has 150 valence electrons. The van der Waals surface area contributed by atoms with Crippen LogP contribution in [0.3, 0.4) is 0 Å². The molecule has 8 heteroatoms. The molecular formula is C21H20N2O5S. The lowest BCUT2D eigenvalue weighted by Gasteiger charge is -2.14. The van der Waals surface area contributed by atoms with Crippen LogP contribution in [-0.4, -0.2) is 41.7 Å². The Bertz CT molecular complexity index is 965. The number of nitrogens with one attached hydrogen (secondary N) is 1. The van der Waals surface area contributed by atoms with E-state index in [2.05, 4.69) is 5.32 Å². The lowest BCUT2D eigenvalue weighted by atomic mass is 10.0. The Morgan fingerprint density at radius 1 is 1.17 bits per heavy atom. The molecule has 1 saturated carbocycles. The number of nitrogens with zero attached hydrogens (tertiary/aromatic N) is 1. The highest BCUT2D eigenvalue weighted by molar-refractivity contribution is 7.15. The van der Waals surface area contributed by atoms with Crippen LogP contribution in [0.4, 0.5) is 5.00 Å². The van der Waals surface area contributed by atoms with Gasteiger partial charge in [-0.05, 0) is 24.8 Å². The topological polar surface area (TPSA) is 92.8 Å². The van der Waals surface area contributed by atoms with E-state index in [1.54, 1.807) is 5.38 Å². The van der Waals surface area contributed by atoms with E-state index in [1.165, 1.54) is 11.3 Å². The van der Waals surface area contributed by atoms with E-state index in [4.69, 9.17) is 4.74 Å². The fourth-order valence-electron chi connectivity index (χ4n) is 3.23. The van der Waals surface area contributed by atoms with E-state index in [-0.39, 0.29) is 23.3 Å². The Morgan fingerprint density at radius 2 is 1.93 bits per heavy atom. The molecule has 1 saturated heterocycles. The number of anilines is 1. The van der Waals surface area contributed by atoms with Crippen molar-refractivity contribution in [3.8, 4) is 11.1 Å². The molecule has 1 aromatic heterocycles. The monoisotopic (exact) mass is 412 g/mol. The molecule has 2 aliphatic rings. The van der Waals surface area contributed by atoms with Gasteiger partial charge in [0.15, 0.2) is 6.61 Å². The molecule has 0 spiro atoms. The van der Waals surface area contributed by atoms with Crippen LogP contribution in [0.1, 0.15) is 36.0 Å². The minimum absolute atomic E-state index is 0.0103. The average molecular weight is 412 g/mol. The Kier molecular flexibility index (Phi) is 5.44. The second-order valence-corrected chi connectivity index (χ2v) is 7.98. The molecule has 0 bridgehead atoms. The van der Waals surface area contributed by atoms with Crippen molar-refractivity contribution in [2.24, 2.45) is 5.92 Å². The van der Waals surface area contributed by atoms with Crippen molar-refractivity contribution in [1.29, 1.82) is 0 Å². The minimum Gasteiger partial charge on any atom is -0.452 e. The molecule has 0 unspecified atom stereocenters. The quantitative estimate of drug-likeness (QED) is 0.736. The number of ether oxygens (including phenoxy) is 1. The van der Waals surface area contributed by atoms with Gasteiger partial charge < -0.3 is 10.1 Å². The summed E-state index contributed by atoms with van der Waals surface area (Å²) in [4.78, 5) is 50.1. The molecule has 7 nitrogen and oxygen atoms in total. The molecular weight excluding hydrogens is 392 g/mol. The predicted molar refractivity (Wildman–Crippen MR) is 107 cm³/mol. The molecule has 2 aromatic rings. The van der Waals surface area contributed by atoms with Gasteiger partial charge in [0.2, 0.25) is 11.8 Å². The molecule has 1 aromatic carbocycles. The van der Waals surface area contributed by atoms with Crippen molar-refractivity contribution in [2.75, 3.05) is 18.5 Å². The van der Waals surface area contributed by atoms with Gasteiger partial charge in [0.25, 0.3) is 5.91 Å². The second kappa shape index (κ2) is 8.16. The van der Waals surface area contributed by atoms with Crippen LogP contribution < -0.4 is 5.32 Å². The van der Waals surface area contributed by atoms with E-state index < -0.39 is 18.5 Å². The highest BCUT2D eigenvalue weighted by Gasteiger charge is 2.32. The normalized spacial score (nSPS) is 16.0. The third-order valence-electron chi connectivity index (χ3n) is 4.97. The van der Waals surface area contributed by atoms with Gasteiger partial charge in [-0.2, -0.15) is 0 Å². The maximum atomic E-state index is 12.9. The summed E-state index contributed by atoms with van der Waals surface area (Å²) < 4.78 is 5.24. The van der Waals surface area contributed by atoms with Crippen molar-refractivity contribution in [1.82, 2.24) is 4.90 Å². The first-order valence-electron chi connectivity index (χ1n) is 9.52. The molecule has 29 heavy (non-hydrogen) atoms. The van der Waals surface area contributed by atoms with Gasteiger partial charge in [-0.1, -0.05) is 30.3 Å². The minimum atomic E-state index is -0.698. The number of hydrogen-bond donors (Lipinski definition) is 1. The van der Waals surface area contributed by atoms with Crippen LogP contribution in [0.25, 0.3) is 11.1 Å². The van der Waals surface area contributed by atoms with Crippen molar-refractivity contribution in [2.45, 2.75) is 25.7 Å². The van der Waals surface area contributed by atoms with Crippen molar-refractivity contribution >= 4 is 40.0 Å². The Labute approximate surface area is 171 Å². The summed E-state index contributed by atoms with van der Waals surface area (Å²) in [5.41, 5.74) is 1.68. The summed E-state index contributed by atoms with van der Waals surface area (Å²) in [7, 11) is 0. The number of likely N-dealkylation sites (tertiary alicyclic amines) is 1. The van der Waals surface area contributed by atoms with Crippen LogP contribution >= 0.6 is 11.3 Å². The van der Waals surface area contributed by atoms with Crippen LogP contribution in [-0.2, 0) is 19.1 Å². The third kappa shape index (κ3) is 4.22. The first-order valence-corrected chi connectivity index (χ1v) is 10.4. The zero-order valence-electron chi connectivity index (χ0n) is 15.7. The predicted octanol–water partition coefficient (Wildman–Crippen LogP) is 3.07. The number of rotatable bonds is 6. The number of imide groups is 1. The summed E-state index contributed by atoms with van der Waals surface area (Å²) in [6, 6.07) is 9.30. The number of amides is 3. The van der Waals surface area contributed by atoms with Crippen LogP contribution in [0.2, 0.25) is 0 Å². The smallest absolute Gasteiger partial charge is 0.342 e. The highest BCUT2D eigenvalue weighted by Crippen LogP contribution is 2.38. The molecule has 2 fully saturated rings. The van der Waals surface area contributed by atoms with Gasteiger partial charge in [-0.3, -0.25) is 19.3 Å². The number of hydrogen-bond acceptors (Lipinski definition) is 6.